The van der Waals surface area contributed by atoms with Gasteiger partial charge in [0, 0.05) is 0 Å². The van der Waals surface area contributed by atoms with Crippen molar-refractivity contribution in [3.8, 4) is 0 Å². The van der Waals surface area contributed by atoms with E-state index in [-0.39, 0.29) is 0 Å². The van der Waals surface area contributed by atoms with Gasteiger partial charge in [-0.3, -0.25) is 4.79 Å². The van der Waals surface area contributed by atoms with Crippen molar-refractivity contribution in [1.29, 1.82) is 0 Å². The van der Waals surface area contributed by atoms with Gasteiger partial charge in [-0.25, -0.2) is 14.3 Å². The van der Waals surface area contributed by atoms with Crippen LogP contribution in [0.3, 0.4) is 0 Å². The number of hydrogen-bond acceptors (Lipinski definition) is 3. The van der Waals surface area contributed by atoms with Gasteiger partial charge in [0.1, 0.15) is 0 Å². The molecule has 152 valence electrons. The van der Waals surface area contributed by atoms with Gasteiger partial charge in [-0.1, -0.05) is 0 Å². The highest BCUT2D eigenvalue weighted by molar-refractivity contribution is 5.71. The van der Waals surface area contributed by atoms with Crippen molar-refractivity contribution in [1.82, 2.24) is 18.7 Å². The first kappa shape index (κ1) is 20.6. The minimum atomic E-state index is -6.31. The summed E-state index contributed by atoms with van der Waals surface area (Å²) in [5.41, 5.74) is -11.8. The Bertz CT molecular complexity index is 1010. The molecule has 0 saturated heterocycles. The lowest BCUT2D eigenvalue weighted by Gasteiger charge is -2.16. The number of aromatic nitrogens is 4. The maximum Gasteiger partial charge on any atom is 0.495 e. The summed E-state index contributed by atoms with van der Waals surface area (Å²) >= 11 is 0. The fourth-order valence-electron chi connectivity index (χ4n) is 2.03. The van der Waals surface area contributed by atoms with E-state index < -0.39 is 67.0 Å². The van der Waals surface area contributed by atoms with E-state index in [2.05, 4.69) is 0 Å². The fraction of sp³-hybridized carbons (Fsp3) is 0.444. The zero-order valence-electron chi connectivity index (χ0n) is 11.6. The van der Waals surface area contributed by atoms with Crippen LogP contribution in [0.25, 0.3) is 11.2 Å². The monoisotopic (exact) mass is 424 g/mol. The molecular weight excluding hydrogens is 424 g/mol. The van der Waals surface area contributed by atoms with Crippen LogP contribution < -0.4 is 11.2 Å². The normalized spacial score (nSPS) is 14.2. The topological polar surface area (TPSA) is 61.8 Å². The van der Waals surface area contributed by atoms with E-state index in [0.29, 0.717) is 0 Å². The van der Waals surface area contributed by atoms with Crippen molar-refractivity contribution in [2.45, 2.75) is 25.1 Å². The minimum Gasteiger partial charge on any atom is -0.266 e. The Morgan fingerprint density at radius 1 is 0.630 bits per heavy atom. The second-order valence-corrected chi connectivity index (χ2v) is 4.60. The van der Waals surface area contributed by atoms with Crippen molar-refractivity contribution in [3.05, 3.63) is 26.7 Å². The number of alkyl halides is 12. The van der Waals surface area contributed by atoms with Gasteiger partial charge in [-0.05, 0) is 0 Å². The molecule has 2 rings (SSSR count). The van der Waals surface area contributed by atoms with Crippen LogP contribution in [-0.4, -0.2) is 18.7 Å². The SMILES string of the molecule is O=c1c2c(nc(C(F)(F)F)n2C(F)(F)F)n(C(F)(F)F)c(=O)n1C(F)(F)F. The Kier molecular flexibility index (Phi) is 4.13. The first-order chi connectivity index (χ1) is 11.8. The van der Waals surface area contributed by atoms with Crippen LogP contribution in [0.1, 0.15) is 5.82 Å². The Balaban J connectivity index is 3.34. The molecule has 0 amide bonds. The molecule has 0 bridgehead atoms. The Morgan fingerprint density at radius 2 is 1.04 bits per heavy atom. The average molecular weight is 424 g/mol. The predicted octanol–water partition coefficient (Wildman–Crippen LogP) is 2.81. The second kappa shape index (κ2) is 5.41. The van der Waals surface area contributed by atoms with Gasteiger partial charge in [0.05, 0.1) is 0 Å². The Labute approximate surface area is 135 Å². The van der Waals surface area contributed by atoms with E-state index >= 15 is 0 Å². The van der Waals surface area contributed by atoms with Gasteiger partial charge in [0.15, 0.2) is 11.2 Å². The third-order valence-electron chi connectivity index (χ3n) is 2.87. The molecule has 0 saturated carbocycles. The quantitative estimate of drug-likeness (QED) is 0.612. The molecule has 0 N–H and O–H groups in total. The highest BCUT2D eigenvalue weighted by Crippen LogP contribution is 2.38. The molecule has 2 aromatic heterocycles. The van der Waals surface area contributed by atoms with Gasteiger partial charge >= 0.3 is 30.8 Å². The van der Waals surface area contributed by atoms with Crippen LogP contribution in [0.4, 0.5) is 52.7 Å². The molecule has 0 aromatic carbocycles. The van der Waals surface area contributed by atoms with Gasteiger partial charge in [-0.15, -0.1) is 39.5 Å². The summed E-state index contributed by atoms with van der Waals surface area (Å²) in [5, 5.41) is 0. The van der Waals surface area contributed by atoms with Gasteiger partial charge in [0.25, 0.3) is 5.56 Å². The average Bonchev–Trinajstić information content (AvgIpc) is 2.74. The summed E-state index contributed by atoms with van der Waals surface area (Å²) in [7, 11) is 0. The van der Waals surface area contributed by atoms with E-state index in [9.17, 15) is 62.3 Å². The first-order valence-corrected chi connectivity index (χ1v) is 5.89. The molecule has 0 radical (unpaired) electrons. The zero-order valence-corrected chi connectivity index (χ0v) is 11.6. The molecule has 27 heavy (non-hydrogen) atoms. The van der Waals surface area contributed by atoms with E-state index in [0.717, 1.165) is 0 Å². The molecule has 2 heterocycles. The highest BCUT2D eigenvalue weighted by atomic mass is 19.4. The summed E-state index contributed by atoms with van der Waals surface area (Å²) in [5.74, 6) is -3.18. The second-order valence-electron chi connectivity index (χ2n) is 4.60. The third-order valence-corrected chi connectivity index (χ3v) is 2.87. The van der Waals surface area contributed by atoms with Crippen molar-refractivity contribution < 1.29 is 52.7 Å². The smallest absolute Gasteiger partial charge is 0.266 e. The van der Waals surface area contributed by atoms with Crippen molar-refractivity contribution in [2.75, 3.05) is 0 Å². The molecule has 0 aliphatic carbocycles. The Morgan fingerprint density at radius 3 is 1.37 bits per heavy atom. The number of imidazole rings is 1. The van der Waals surface area contributed by atoms with Gasteiger partial charge in [0.2, 0.25) is 5.82 Å². The van der Waals surface area contributed by atoms with E-state index in [1.54, 1.807) is 0 Å². The fourth-order valence-corrected chi connectivity index (χ4v) is 2.03. The van der Waals surface area contributed by atoms with E-state index in [4.69, 9.17) is 0 Å². The summed E-state index contributed by atoms with van der Waals surface area (Å²) in [6, 6.07) is 0. The van der Waals surface area contributed by atoms with Crippen LogP contribution >= 0.6 is 0 Å². The standard InChI is InChI=1S/C9F12N4O2/c10-6(11,12)4-22-2-1(23(4)7(13,14)15)3(26)25(9(19,20)21)5(27)24(2)8(16,17)18. The largest absolute Gasteiger partial charge is 0.495 e. The van der Waals surface area contributed by atoms with Crippen LogP contribution in [0, 0.1) is 0 Å². The first-order valence-electron chi connectivity index (χ1n) is 5.89. The van der Waals surface area contributed by atoms with Crippen LogP contribution in [0.2, 0.25) is 0 Å². The Hall–Kier alpha value is -2.69. The molecule has 6 nitrogen and oxygen atoms in total. The molecule has 0 atom stereocenters. The third kappa shape index (κ3) is 3.22. The molecule has 0 fully saturated rings. The molecule has 18 heteroatoms. The maximum atomic E-state index is 12.9. The summed E-state index contributed by atoms with van der Waals surface area (Å²) in [4.78, 5) is 25.0. The van der Waals surface area contributed by atoms with Crippen molar-refractivity contribution >= 4 is 11.2 Å². The van der Waals surface area contributed by atoms with Crippen molar-refractivity contribution in [3.63, 3.8) is 0 Å². The molecular formula is C9F12N4O2. The number of halogens is 12. The number of rotatable bonds is 0. The number of hydrogen-bond donors (Lipinski definition) is 0. The molecule has 0 unspecified atom stereocenters. The number of nitrogens with zero attached hydrogens (tertiary/aromatic N) is 4. The van der Waals surface area contributed by atoms with Gasteiger partial charge < -0.3 is 0 Å². The van der Waals surface area contributed by atoms with E-state index in [1.807, 2.05) is 4.98 Å². The van der Waals surface area contributed by atoms with Crippen LogP contribution in [-0.2, 0) is 25.1 Å². The van der Waals surface area contributed by atoms with Gasteiger partial charge in [-0.2, -0.15) is 22.3 Å². The lowest BCUT2D eigenvalue weighted by molar-refractivity contribution is -0.225. The van der Waals surface area contributed by atoms with Crippen LogP contribution in [0.5, 0.6) is 0 Å². The summed E-state index contributed by atoms with van der Waals surface area (Å²) in [6.45, 7) is 0. The maximum absolute atomic E-state index is 12.9. The lowest BCUT2D eigenvalue weighted by atomic mass is 10.5. The highest BCUT2D eigenvalue weighted by Gasteiger charge is 2.51. The molecule has 2 aromatic rings. The summed E-state index contributed by atoms with van der Waals surface area (Å²) in [6.07, 6.45) is -25.0. The molecule has 0 aliphatic rings. The van der Waals surface area contributed by atoms with E-state index in [1.165, 1.54) is 0 Å². The predicted molar refractivity (Wildman–Crippen MR) is 57.1 cm³/mol. The summed E-state index contributed by atoms with van der Waals surface area (Å²) < 4.78 is 147. The molecule has 0 spiro atoms. The number of fused-ring (bicyclic) bond motifs is 1. The van der Waals surface area contributed by atoms with Crippen molar-refractivity contribution in [2.24, 2.45) is 0 Å². The zero-order chi connectivity index (χ0) is 21.3. The van der Waals surface area contributed by atoms with Crippen LogP contribution in [0.15, 0.2) is 9.59 Å². The minimum absolute atomic E-state index is 1.94. The molecule has 0 aliphatic heterocycles. The lowest BCUT2D eigenvalue weighted by Crippen LogP contribution is -2.49.